The van der Waals surface area contributed by atoms with E-state index in [1.54, 1.807) is 11.3 Å². The van der Waals surface area contributed by atoms with Gasteiger partial charge in [0.1, 0.15) is 16.2 Å². The molecular formula is C19H10ClNOS. The molecule has 0 N–H and O–H groups in total. The third-order valence-corrected chi connectivity index (χ3v) is 5.61. The number of rotatable bonds is 1. The van der Waals surface area contributed by atoms with Gasteiger partial charge in [-0.1, -0.05) is 60.1 Å². The second-order valence-electron chi connectivity index (χ2n) is 5.40. The highest BCUT2D eigenvalue weighted by atomic mass is 35.5. The Morgan fingerprint density at radius 2 is 1.70 bits per heavy atom. The Balaban J connectivity index is 1.87. The highest BCUT2D eigenvalue weighted by Gasteiger charge is 2.17. The molecule has 0 aliphatic carbocycles. The largest absolute Gasteiger partial charge is 0.456 e. The number of hydrogen-bond donors (Lipinski definition) is 0. The van der Waals surface area contributed by atoms with Crippen LogP contribution in [0.3, 0.4) is 0 Å². The number of furan rings is 1. The predicted octanol–water partition coefficient (Wildman–Crippen LogP) is 6.52. The Kier molecular flexibility index (Phi) is 2.75. The highest BCUT2D eigenvalue weighted by molar-refractivity contribution is 7.22. The fourth-order valence-corrected chi connectivity index (χ4v) is 4.32. The van der Waals surface area contributed by atoms with Crippen LogP contribution < -0.4 is 0 Å². The van der Waals surface area contributed by atoms with Crippen molar-refractivity contribution in [1.82, 2.24) is 4.98 Å². The summed E-state index contributed by atoms with van der Waals surface area (Å²) in [5.74, 6) is 0. The minimum absolute atomic E-state index is 0.724. The summed E-state index contributed by atoms with van der Waals surface area (Å²) >= 11 is 8.32. The number of nitrogens with zero attached hydrogens (tertiary/aromatic N) is 1. The first kappa shape index (κ1) is 13.1. The number of thiazole rings is 1. The fourth-order valence-electron chi connectivity index (χ4n) is 2.92. The van der Waals surface area contributed by atoms with E-state index >= 15 is 0 Å². The molecule has 0 radical (unpaired) electrons. The van der Waals surface area contributed by atoms with E-state index in [1.807, 2.05) is 48.5 Å². The molecule has 0 aliphatic heterocycles. The lowest BCUT2D eigenvalue weighted by molar-refractivity contribution is 0.669. The number of fused-ring (bicyclic) bond motifs is 4. The number of hydrogen-bond acceptors (Lipinski definition) is 3. The first-order valence-corrected chi connectivity index (χ1v) is 8.46. The molecule has 0 aliphatic rings. The van der Waals surface area contributed by atoms with Crippen LogP contribution in [0.1, 0.15) is 0 Å². The van der Waals surface area contributed by atoms with Gasteiger partial charge in [-0.2, -0.15) is 0 Å². The molecule has 23 heavy (non-hydrogen) atoms. The Hall–Kier alpha value is -2.36. The van der Waals surface area contributed by atoms with Crippen LogP contribution in [0.15, 0.2) is 65.1 Å². The van der Waals surface area contributed by atoms with Gasteiger partial charge in [-0.25, -0.2) is 4.98 Å². The standard InChI is InChI=1S/C19H10ClNOS/c20-17-16-12-8-4-5-9-14(12)22-15(16)10-13-18(17)23-19(21-13)11-6-2-1-3-7-11/h1-10H. The Morgan fingerprint density at radius 3 is 2.57 bits per heavy atom. The second kappa shape index (κ2) is 4.82. The number of aromatic nitrogens is 1. The summed E-state index contributed by atoms with van der Waals surface area (Å²) < 4.78 is 6.94. The van der Waals surface area contributed by atoms with Crippen molar-refractivity contribution in [1.29, 1.82) is 0 Å². The first-order valence-electron chi connectivity index (χ1n) is 7.27. The molecule has 5 rings (SSSR count). The van der Waals surface area contributed by atoms with Gasteiger partial charge < -0.3 is 4.42 Å². The molecular weight excluding hydrogens is 326 g/mol. The number of para-hydroxylation sites is 1. The van der Waals surface area contributed by atoms with Crippen molar-refractivity contribution in [3.63, 3.8) is 0 Å². The van der Waals surface area contributed by atoms with Gasteiger partial charge in [0.15, 0.2) is 0 Å². The van der Waals surface area contributed by atoms with E-state index < -0.39 is 0 Å². The maximum absolute atomic E-state index is 6.71. The summed E-state index contributed by atoms with van der Waals surface area (Å²) in [6.07, 6.45) is 0. The molecule has 3 aromatic carbocycles. The summed E-state index contributed by atoms with van der Waals surface area (Å²) in [5.41, 5.74) is 3.62. The molecule has 0 saturated carbocycles. The molecule has 2 heterocycles. The summed E-state index contributed by atoms with van der Waals surface area (Å²) in [4.78, 5) is 4.74. The lowest BCUT2D eigenvalue weighted by atomic mass is 10.1. The summed E-state index contributed by atoms with van der Waals surface area (Å²) in [7, 11) is 0. The lowest BCUT2D eigenvalue weighted by Gasteiger charge is -1.95. The van der Waals surface area contributed by atoms with Crippen molar-refractivity contribution in [2.24, 2.45) is 0 Å². The molecule has 0 amide bonds. The molecule has 2 nitrogen and oxygen atoms in total. The van der Waals surface area contributed by atoms with E-state index in [2.05, 4.69) is 12.1 Å². The highest BCUT2D eigenvalue weighted by Crippen LogP contribution is 2.42. The van der Waals surface area contributed by atoms with Gasteiger partial charge in [0.2, 0.25) is 0 Å². The minimum Gasteiger partial charge on any atom is -0.456 e. The molecule has 110 valence electrons. The molecule has 0 spiro atoms. The fraction of sp³-hybridized carbons (Fsp3) is 0. The van der Waals surface area contributed by atoms with Crippen molar-refractivity contribution in [3.05, 3.63) is 65.7 Å². The molecule has 0 fully saturated rings. The predicted molar refractivity (Wildman–Crippen MR) is 97.3 cm³/mol. The average Bonchev–Trinajstić information content (AvgIpc) is 3.17. The van der Waals surface area contributed by atoms with Gasteiger partial charge in [-0.15, -0.1) is 11.3 Å². The zero-order valence-corrected chi connectivity index (χ0v) is 13.5. The molecule has 0 atom stereocenters. The van der Waals surface area contributed by atoms with Gasteiger partial charge in [0.25, 0.3) is 0 Å². The zero-order valence-electron chi connectivity index (χ0n) is 11.9. The van der Waals surface area contributed by atoms with Crippen LogP contribution in [0.4, 0.5) is 0 Å². The van der Waals surface area contributed by atoms with Gasteiger partial charge >= 0.3 is 0 Å². The van der Waals surface area contributed by atoms with Gasteiger partial charge in [-0.3, -0.25) is 0 Å². The lowest BCUT2D eigenvalue weighted by Crippen LogP contribution is -1.74. The van der Waals surface area contributed by atoms with Crippen LogP contribution in [0, 0.1) is 0 Å². The summed E-state index contributed by atoms with van der Waals surface area (Å²) in [6, 6.07) is 20.1. The van der Waals surface area contributed by atoms with Crippen molar-refractivity contribution in [2.75, 3.05) is 0 Å². The van der Waals surface area contributed by atoms with Crippen LogP contribution >= 0.6 is 22.9 Å². The van der Waals surface area contributed by atoms with Gasteiger partial charge in [0, 0.05) is 22.4 Å². The number of benzene rings is 3. The van der Waals surface area contributed by atoms with Crippen molar-refractivity contribution < 1.29 is 4.42 Å². The van der Waals surface area contributed by atoms with E-state index in [4.69, 9.17) is 21.0 Å². The SMILES string of the molecule is Clc1c2sc(-c3ccccc3)nc2cc2oc3ccccc3c12. The number of halogens is 1. The third-order valence-electron chi connectivity index (χ3n) is 3.98. The van der Waals surface area contributed by atoms with Crippen LogP contribution in [0.25, 0.3) is 42.7 Å². The van der Waals surface area contributed by atoms with E-state index in [-0.39, 0.29) is 0 Å². The quantitative estimate of drug-likeness (QED) is 0.348. The van der Waals surface area contributed by atoms with Crippen molar-refractivity contribution >= 4 is 55.1 Å². The Bertz CT molecular complexity index is 1170. The van der Waals surface area contributed by atoms with Crippen molar-refractivity contribution in [3.8, 4) is 10.6 Å². The molecule has 5 aromatic rings. The Morgan fingerprint density at radius 1 is 0.913 bits per heavy atom. The van der Waals surface area contributed by atoms with Crippen molar-refractivity contribution in [2.45, 2.75) is 0 Å². The van der Waals surface area contributed by atoms with E-state index in [0.29, 0.717) is 0 Å². The van der Waals surface area contributed by atoms with E-state index in [1.165, 1.54) is 0 Å². The molecule has 0 saturated heterocycles. The maximum Gasteiger partial charge on any atom is 0.139 e. The van der Waals surface area contributed by atoms with Gasteiger partial charge in [-0.05, 0) is 6.07 Å². The monoisotopic (exact) mass is 335 g/mol. The van der Waals surface area contributed by atoms with E-state index in [0.717, 1.165) is 47.7 Å². The molecule has 2 aromatic heterocycles. The van der Waals surface area contributed by atoms with Crippen LogP contribution in [0.5, 0.6) is 0 Å². The normalized spacial score (nSPS) is 11.7. The summed E-state index contributed by atoms with van der Waals surface area (Å²) in [6.45, 7) is 0. The summed E-state index contributed by atoms with van der Waals surface area (Å²) in [5, 5.41) is 3.71. The van der Waals surface area contributed by atoms with Crippen LogP contribution in [-0.4, -0.2) is 4.98 Å². The Labute approximate surface area is 140 Å². The minimum atomic E-state index is 0.724. The zero-order chi connectivity index (χ0) is 15.4. The first-order chi connectivity index (χ1) is 11.3. The maximum atomic E-state index is 6.71. The van der Waals surface area contributed by atoms with E-state index in [9.17, 15) is 0 Å². The van der Waals surface area contributed by atoms with Crippen LogP contribution in [-0.2, 0) is 0 Å². The smallest absolute Gasteiger partial charge is 0.139 e. The topological polar surface area (TPSA) is 26.0 Å². The molecule has 4 heteroatoms. The third kappa shape index (κ3) is 1.90. The molecule has 0 bridgehead atoms. The average molecular weight is 336 g/mol. The van der Waals surface area contributed by atoms with Crippen LogP contribution in [0.2, 0.25) is 5.02 Å². The van der Waals surface area contributed by atoms with Gasteiger partial charge in [0.05, 0.1) is 15.2 Å². The molecule has 0 unspecified atom stereocenters. The second-order valence-corrected chi connectivity index (χ2v) is 6.77.